The number of alkyl halides is 3. The van der Waals surface area contributed by atoms with E-state index in [1.54, 1.807) is 12.1 Å². The normalized spacial score (nSPS) is 17.0. The van der Waals surface area contributed by atoms with E-state index in [1.807, 2.05) is 0 Å². The molecule has 1 aromatic heterocycles. The smallest absolute Gasteiger partial charge is 0.376 e. The van der Waals surface area contributed by atoms with Gasteiger partial charge in [-0.1, -0.05) is 12.1 Å². The van der Waals surface area contributed by atoms with E-state index in [4.69, 9.17) is 4.74 Å². The summed E-state index contributed by atoms with van der Waals surface area (Å²) in [5.74, 6) is -0.309. The summed E-state index contributed by atoms with van der Waals surface area (Å²) in [4.78, 5) is 0. The highest BCUT2D eigenvalue weighted by molar-refractivity contribution is 5.78. The molecule has 0 amide bonds. The Hall–Kier alpha value is -2.52. The molecule has 1 aliphatic heterocycles. The molecular weight excluding hydrogens is 388 g/mol. The highest BCUT2D eigenvalue weighted by Gasteiger charge is 2.35. The molecule has 1 saturated heterocycles. The first-order valence-electron chi connectivity index (χ1n) is 9.33. The maximum Gasteiger partial charge on any atom is 0.416 e. The fourth-order valence-corrected chi connectivity index (χ4v) is 3.88. The number of aromatic amines is 1. The van der Waals surface area contributed by atoms with E-state index in [0.717, 1.165) is 43.6 Å². The third-order valence-electron chi connectivity index (χ3n) is 5.48. The van der Waals surface area contributed by atoms with Crippen molar-refractivity contribution in [2.45, 2.75) is 31.0 Å². The monoisotopic (exact) mass is 408 g/mol. The molecule has 0 unspecified atom stereocenters. The molecule has 0 bridgehead atoms. The highest BCUT2D eigenvalue weighted by Crippen LogP contribution is 2.35. The maximum atomic E-state index is 13.4. The Balaban J connectivity index is 1.56. The molecule has 2 heterocycles. The minimum absolute atomic E-state index is 0.0245. The summed E-state index contributed by atoms with van der Waals surface area (Å²) in [6.07, 6.45) is -2.90. The van der Waals surface area contributed by atoms with Crippen LogP contribution >= 0.6 is 0 Å². The fraction of sp³-hybridized carbons (Fsp3) is 0.400. The number of hydrogen-bond acceptors (Lipinski definition) is 4. The van der Waals surface area contributed by atoms with Crippen molar-refractivity contribution in [3.8, 4) is 0 Å². The topological polar surface area (TPSA) is 62.8 Å². The minimum Gasteiger partial charge on any atom is -0.376 e. The van der Waals surface area contributed by atoms with Crippen LogP contribution in [-0.2, 0) is 22.9 Å². The predicted molar refractivity (Wildman–Crippen MR) is 98.7 cm³/mol. The number of halogens is 4. The van der Waals surface area contributed by atoms with Crippen molar-refractivity contribution >= 4 is 11.0 Å². The van der Waals surface area contributed by atoms with Crippen molar-refractivity contribution in [2.24, 2.45) is 0 Å². The standard InChI is InChI=1S/C20H20F4N4O/c21-16-3-1-14(2-4-16)19(5-7-25-8-6-19)12-29-11-13-9-15(20(22,23)24)10-17-18(13)27-28-26-17/h1-4,9-10,25H,5-8,11-12H2,(H,26,27,28). The zero-order chi connectivity index (χ0) is 20.5. The second-order valence-corrected chi connectivity index (χ2v) is 7.35. The van der Waals surface area contributed by atoms with Crippen molar-refractivity contribution in [3.63, 3.8) is 0 Å². The second kappa shape index (κ2) is 7.72. The van der Waals surface area contributed by atoms with Gasteiger partial charge in [0.2, 0.25) is 0 Å². The van der Waals surface area contributed by atoms with Gasteiger partial charge < -0.3 is 10.1 Å². The lowest BCUT2D eigenvalue weighted by Crippen LogP contribution is -2.43. The molecule has 9 heteroatoms. The Labute approximate surface area is 164 Å². The minimum atomic E-state index is -4.48. The van der Waals surface area contributed by atoms with Gasteiger partial charge in [0.25, 0.3) is 0 Å². The van der Waals surface area contributed by atoms with Crippen molar-refractivity contribution < 1.29 is 22.3 Å². The SMILES string of the molecule is Fc1ccc(C2(COCc3cc(C(F)(F)F)cc4n[nH]nc34)CCNCC2)cc1. The van der Waals surface area contributed by atoms with Crippen LogP contribution in [0.15, 0.2) is 36.4 Å². The van der Waals surface area contributed by atoms with Crippen LogP contribution in [0.4, 0.5) is 17.6 Å². The molecule has 0 aliphatic carbocycles. The van der Waals surface area contributed by atoms with Crippen LogP contribution in [0.3, 0.4) is 0 Å². The summed E-state index contributed by atoms with van der Waals surface area (Å²) in [7, 11) is 0. The van der Waals surface area contributed by atoms with E-state index in [9.17, 15) is 17.6 Å². The number of nitrogens with zero attached hydrogens (tertiary/aromatic N) is 2. The molecular formula is C20H20F4N4O. The summed E-state index contributed by atoms with van der Waals surface area (Å²) in [5.41, 5.74) is 0.701. The molecule has 154 valence electrons. The maximum absolute atomic E-state index is 13.4. The molecule has 3 aromatic rings. The predicted octanol–water partition coefficient (Wildman–Crippen LogP) is 3.95. The van der Waals surface area contributed by atoms with Gasteiger partial charge in [0.15, 0.2) is 0 Å². The Morgan fingerprint density at radius 1 is 1.03 bits per heavy atom. The Morgan fingerprint density at radius 3 is 2.45 bits per heavy atom. The van der Waals surface area contributed by atoms with Crippen LogP contribution in [0.25, 0.3) is 11.0 Å². The van der Waals surface area contributed by atoms with Gasteiger partial charge >= 0.3 is 6.18 Å². The van der Waals surface area contributed by atoms with Crippen LogP contribution in [0.5, 0.6) is 0 Å². The first kappa shape index (κ1) is 19.8. The molecule has 29 heavy (non-hydrogen) atoms. The van der Waals surface area contributed by atoms with Gasteiger partial charge in [0, 0.05) is 11.0 Å². The number of nitrogens with one attached hydrogen (secondary N) is 2. The zero-order valence-electron chi connectivity index (χ0n) is 15.5. The van der Waals surface area contributed by atoms with Crippen LogP contribution in [0, 0.1) is 5.82 Å². The molecule has 1 fully saturated rings. The summed E-state index contributed by atoms with van der Waals surface area (Å²) in [6, 6.07) is 8.37. The number of rotatable bonds is 5. The number of piperidine rings is 1. The van der Waals surface area contributed by atoms with E-state index in [0.29, 0.717) is 17.7 Å². The van der Waals surface area contributed by atoms with E-state index < -0.39 is 11.7 Å². The van der Waals surface area contributed by atoms with Gasteiger partial charge in [-0.05, 0) is 55.8 Å². The molecule has 2 aromatic carbocycles. The number of ether oxygens (including phenoxy) is 1. The first-order chi connectivity index (χ1) is 13.9. The highest BCUT2D eigenvalue weighted by atomic mass is 19.4. The first-order valence-corrected chi connectivity index (χ1v) is 9.33. The summed E-state index contributed by atoms with van der Waals surface area (Å²) < 4.78 is 58.9. The summed E-state index contributed by atoms with van der Waals surface area (Å²) >= 11 is 0. The molecule has 5 nitrogen and oxygen atoms in total. The largest absolute Gasteiger partial charge is 0.416 e. The lowest BCUT2D eigenvalue weighted by Gasteiger charge is -2.38. The van der Waals surface area contributed by atoms with Crippen molar-refractivity contribution in [1.29, 1.82) is 0 Å². The average molecular weight is 408 g/mol. The Morgan fingerprint density at radius 2 is 1.76 bits per heavy atom. The molecule has 2 N–H and O–H groups in total. The summed E-state index contributed by atoms with van der Waals surface area (Å²) in [6.45, 7) is 1.87. The van der Waals surface area contributed by atoms with Gasteiger partial charge in [-0.15, -0.1) is 0 Å². The fourth-order valence-electron chi connectivity index (χ4n) is 3.88. The summed E-state index contributed by atoms with van der Waals surface area (Å²) in [5, 5.41) is 13.4. The molecule has 0 atom stereocenters. The van der Waals surface area contributed by atoms with Gasteiger partial charge in [-0.3, -0.25) is 0 Å². The third kappa shape index (κ3) is 4.11. The third-order valence-corrected chi connectivity index (χ3v) is 5.48. The van der Waals surface area contributed by atoms with E-state index in [2.05, 4.69) is 20.7 Å². The number of aromatic nitrogens is 3. The Kier molecular flexibility index (Phi) is 5.26. The number of H-pyrrole nitrogens is 1. The number of hydrogen-bond donors (Lipinski definition) is 2. The lowest BCUT2D eigenvalue weighted by atomic mass is 9.74. The van der Waals surface area contributed by atoms with Crippen molar-refractivity contribution in [2.75, 3.05) is 19.7 Å². The molecule has 1 aliphatic rings. The lowest BCUT2D eigenvalue weighted by molar-refractivity contribution is -0.137. The van der Waals surface area contributed by atoms with Crippen LogP contribution in [0.1, 0.15) is 29.5 Å². The molecule has 0 spiro atoms. The van der Waals surface area contributed by atoms with Crippen molar-refractivity contribution in [3.05, 3.63) is 58.9 Å². The molecule has 0 radical (unpaired) electrons. The second-order valence-electron chi connectivity index (χ2n) is 7.35. The van der Waals surface area contributed by atoms with Gasteiger partial charge in [0.1, 0.15) is 16.9 Å². The Bertz CT molecular complexity index is 978. The average Bonchev–Trinajstić information content (AvgIpc) is 3.17. The van der Waals surface area contributed by atoms with E-state index in [-0.39, 0.29) is 23.4 Å². The van der Waals surface area contributed by atoms with Crippen LogP contribution in [-0.4, -0.2) is 35.1 Å². The van der Waals surface area contributed by atoms with Crippen LogP contribution in [0.2, 0.25) is 0 Å². The molecule has 4 rings (SSSR count). The molecule has 0 saturated carbocycles. The van der Waals surface area contributed by atoms with Gasteiger partial charge in [-0.2, -0.15) is 28.6 Å². The zero-order valence-corrected chi connectivity index (χ0v) is 15.5. The number of benzene rings is 2. The number of fused-ring (bicyclic) bond motifs is 1. The van der Waals surface area contributed by atoms with Crippen molar-refractivity contribution in [1.82, 2.24) is 20.7 Å². The van der Waals surface area contributed by atoms with Crippen LogP contribution < -0.4 is 5.32 Å². The van der Waals surface area contributed by atoms with E-state index >= 15 is 0 Å². The quantitative estimate of drug-likeness (QED) is 0.628. The van der Waals surface area contributed by atoms with Gasteiger partial charge in [-0.25, -0.2) is 4.39 Å². The van der Waals surface area contributed by atoms with E-state index in [1.165, 1.54) is 12.1 Å². The van der Waals surface area contributed by atoms with Gasteiger partial charge in [0.05, 0.1) is 18.8 Å².